The predicted octanol–water partition coefficient (Wildman–Crippen LogP) is 5.34. The molecule has 4 N–H and O–H groups in total. The number of hydrogen-bond acceptors (Lipinski definition) is 4. The molecule has 0 saturated heterocycles. The highest BCUT2D eigenvalue weighted by Crippen LogP contribution is 2.54. The number of phenols is 4. The third-order valence-corrected chi connectivity index (χ3v) is 4.92. The number of aromatic hydroxyl groups is 4. The molecule has 0 saturated carbocycles. The summed E-state index contributed by atoms with van der Waals surface area (Å²) in [6, 6.07) is 0. The summed E-state index contributed by atoms with van der Waals surface area (Å²) in [6.07, 6.45) is 8.74. The Morgan fingerprint density at radius 3 is 2.28 bits per heavy atom. The van der Waals surface area contributed by atoms with E-state index in [4.69, 9.17) is 0 Å². The molecule has 136 valence electrons. The van der Waals surface area contributed by atoms with Gasteiger partial charge in [-0.2, -0.15) is 0 Å². The molecule has 2 unspecified atom stereocenters. The number of phenolic OH excluding ortho intramolecular Hbond substituents is 4. The maximum absolute atomic E-state index is 10.6. The first-order valence-electron chi connectivity index (χ1n) is 8.78. The van der Waals surface area contributed by atoms with Crippen LogP contribution in [0.15, 0.2) is 29.9 Å². The fourth-order valence-corrected chi connectivity index (χ4v) is 3.48. The molecule has 0 radical (unpaired) electrons. The molecule has 1 aromatic carbocycles. The molecule has 2 rings (SSSR count). The van der Waals surface area contributed by atoms with E-state index >= 15 is 0 Å². The van der Waals surface area contributed by atoms with E-state index in [1.807, 2.05) is 26.8 Å². The van der Waals surface area contributed by atoms with Crippen molar-refractivity contribution >= 4 is 6.08 Å². The van der Waals surface area contributed by atoms with Crippen molar-refractivity contribution in [1.82, 2.24) is 0 Å². The number of unbranched alkanes of at least 4 members (excludes halogenated alkanes) is 1. The molecule has 1 aromatic rings. The molecule has 0 aromatic heterocycles. The van der Waals surface area contributed by atoms with Crippen LogP contribution in [0.2, 0.25) is 0 Å². The largest absolute Gasteiger partial charge is 0.504 e. The molecule has 2 atom stereocenters. The Morgan fingerprint density at radius 1 is 1.16 bits per heavy atom. The molecule has 0 bridgehead atoms. The van der Waals surface area contributed by atoms with Crippen molar-refractivity contribution in [2.45, 2.75) is 52.4 Å². The molecule has 4 nitrogen and oxygen atoms in total. The first kappa shape index (κ1) is 19.0. The summed E-state index contributed by atoms with van der Waals surface area (Å²) in [5, 5.41) is 41.9. The van der Waals surface area contributed by atoms with Crippen LogP contribution in [-0.4, -0.2) is 20.4 Å². The minimum atomic E-state index is -0.408. The van der Waals surface area contributed by atoms with Crippen LogP contribution in [0.3, 0.4) is 0 Å². The zero-order chi connectivity index (χ0) is 18.7. The van der Waals surface area contributed by atoms with Crippen LogP contribution < -0.4 is 0 Å². The highest BCUT2D eigenvalue weighted by molar-refractivity contribution is 5.75. The number of allylic oxidation sites excluding steroid dienone is 4. The topological polar surface area (TPSA) is 80.9 Å². The third-order valence-electron chi connectivity index (χ3n) is 4.92. The van der Waals surface area contributed by atoms with Gasteiger partial charge < -0.3 is 20.4 Å². The molecule has 1 aliphatic rings. The summed E-state index contributed by atoms with van der Waals surface area (Å²) in [4.78, 5) is 0. The van der Waals surface area contributed by atoms with Gasteiger partial charge in [-0.05, 0) is 39.0 Å². The Kier molecular flexibility index (Phi) is 5.83. The quantitative estimate of drug-likeness (QED) is 0.330. The van der Waals surface area contributed by atoms with Crippen LogP contribution in [0.25, 0.3) is 6.08 Å². The van der Waals surface area contributed by atoms with E-state index in [1.54, 1.807) is 6.08 Å². The van der Waals surface area contributed by atoms with E-state index in [1.165, 1.54) is 6.08 Å². The molecule has 4 heteroatoms. The Balaban J connectivity index is 2.62. The lowest BCUT2D eigenvalue weighted by atomic mass is 9.73. The zero-order valence-electron chi connectivity index (χ0n) is 15.2. The molecule has 25 heavy (non-hydrogen) atoms. The van der Waals surface area contributed by atoms with E-state index in [9.17, 15) is 20.4 Å². The molecule has 0 spiro atoms. The molecule has 0 heterocycles. The van der Waals surface area contributed by atoms with Crippen LogP contribution in [-0.2, 0) is 0 Å². The second-order valence-electron chi connectivity index (χ2n) is 6.94. The summed E-state index contributed by atoms with van der Waals surface area (Å²) in [5.74, 6) is -1.88. The Hall–Kier alpha value is -2.36. The maximum Gasteiger partial charge on any atom is 0.169 e. The van der Waals surface area contributed by atoms with Gasteiger partial charge in [0.1, 0.15) is 0 Å². The Labute approximate surface area is 149 Å². The fraction of sp³-hybridized carbons (Fsp3) is 0.429. The number of benzene rings is 1. The standard InChI is InChI=1S/C21H28O4/c1-5-6-7-8-15-18(22)20(24)17(21(25)19(15)23)16-11-13(4)9-10-14(16)12(2)3/h7-8,11,14,16,22-25H,2,5-6,9-10H2,1,3-4H3/b8-7+. The summed E-state index contributed by atoms with van der Waals surface area (Å²) < 4.78 is 0. The molecule has 0 amide bonds. The van der Waals surface area contributed by atoms with Crippen molar-refractivity contribution in [2.75, 3.05) is 0 Å². The minimum absolute atomic E-state index is 0.0285. The summed E-state index contributed by atoms with van der Waals surface area (Å²) in [6.45, 7) is 9.95. The van der Waals surface area contributed by atoms with Gasteiger partial charge in [0.15, 0.2) is 23.0 Å². The van der Waals surface area contributed by atoms with Gasteiger partial charge in [0.25, 0.3) is 0 Å². The van der Waals surface area contributed by atoms with Gasteiger partial charge in [-0.15, -0.1) is 0 Å². The van der Waals surface area contributed by atoms with Gasteiger partial charge in [-0.3, -0.25) is 0 Å². The van der Waals surface area contributed by atoms with Gasteiger partial charge in [0.05, 0.1) is 11.1 Å². The van der Waals surface area contributed by atoms with Gasteiger partial charge in [-0.25, -0.2) is 0 Å². The van der Waals surface area contributed by atoms with Crippen LogP contribution >= 0.6 is 0 Å². The highest BCUT2D eigenvalue weighted by Gasteiger charge is 2.33. The molecule has 0 fully saturated rings. The lowest BCUT2D eigenvalue weighted by Crippen LogP contribution is -2.17. The van der Waals surface area contributed by atoms with Crippen molar-refractivity contribution in [3.63, 3.8) is 0 Å². The fourth-order valence-electron chi connectivity index (χ4n) is 3.48. The van der Waals surface area contributed by atoms with Gasteiger partial charge >= 0.3 is 0 Å². The highest BCUT2D eigenvalue weighted by atomic mass is 16.3. The minimum Gasteiger partial charge on any atom is -0.504 e. The molecule has 1 aliphatic carbocycles. The average Bonchev–Trinajstić information content (AvgIpc) is 2.56. The molecular weight excluding hydrogens is 316 g/mol. The summed E-state index contributed by atoms with van der Waals surface area (Å²) in [7, 11) is 0. The van der Waals surface area contributed by atoms with E-state index < -0.39 is 11.5 Å². The van der Waals surface area contributed by atoms with E-state index in [2.05, 4.69) is 6.58 Å². The Morgan fingerprint density at radius 2 is 1.76 bits per heavy atom. The second kappa shape index (κ2) is 7.68. The maximum atomic E-state index is 10.6. The zero-order valence-corrected chi connectivity index (χ0v) is 15.2. The third kappa shape index (κ3) is 3.68. The van der Waals surface area contributed by atoms with Crippen LogP contribution in [0.4, 0.5) is 0 Å². The number of hydrogen-bond donors (Lipinski definition) is 4. The van der Waals surface area contributed by atoms with E-state index in [0.717, 1.165) is 36.8 Å². The second-order valence-corrected chi connectivity index (χ2v) is 6.94. The lowest BCUT2D eigenvalue weighted by Gasteiger charge is -2.31. The first-order chi connectivity index (χ1) is 11.8. The number of rotatable bonds is 5. The Bertz CT molecular complexity index is 699. The van der Waals surface area contributed by atoms with Crippen molar-refractivity contribution in [3.05, 3.63) is 41.0 Å². The van der Waals surface area contributed by atoms with Crippen LogP contribution in [0.5, 0.6) is 23.0 Å². The monoisotopic (exact) mass is 344 g/mol. The van der Waals surface area contributed by atoms with Crippen molar-refractivity contribution in [3.8, 4) is 23.0 Å². The van der Waals surface area contributed by atoms with Gasteiger partial charge in [-0.1, -0.05) is 49.3 Å². The van der Waals surface area contributed by atoms with Gasteiger partial charge in [0.2, 0.25) is 0 Å². The van der Waals surface area contributed by atoms with Crippen molar-refractivity contribution in [2.24, 2.45) is 5.92 Å². The summed E-state index contributed by atoms with van der Waals surface area (Å²) in [5.41, 5.74) is 2.29. The SMILES string of the molecule is C=C(C)C1CCC(C)=CC1c1c(O)c(O)c(/C=C/CCC)c(O)c1O. The molecular formula is C21H28O4. The van der Waals surface area contributed by atoms with Crippen molar-refractivity contribution < 1.29 is 20.4 Å². The summed E-state index contributed by atoms with van der Waals surface area (Å²) >= 11 is 0. The first-order valence-corrected chi connectivity index (χ1v) is 8.78. The predicted molar refractivity (Wildman–Crippen MR) is 101 cm³/mol. The van der Waals surface area contributed by atoms with Crippen molar-refractivity contribution in [1.29, 1.82) is 0 Å². The van der Waals surface area contributed by atoms with Crippen LogP contribution in [0.1, 0.15) is 63.5 Å². The van der Waals surface area contributed by atoms with Gasteiger partial charge in [0, 0.05) is 5.92 Å². The average molecular weight is 344 g/mol. The molecule has 0 aliphatic heterocycles. The normalized spacial score (nSPS) is 20.7. The van der Waals surface area contributed by atoms with E-state index in [0.29, 0.717) is 0 Å². The lowest BCUT2D eigenvalue weighted by molar-refractivity contribution is 0.352. The van der Waals surface area contributed by atoms with E-state index in [-0.39, 0.29) is 34.5 Å². The smallest absolute Gasteiger partial charge is 0.169 e. The van der Waals surface area contributed by atoms with Crippen LogP contribution in [0, 0.1) is 5.92 Å².